The standard InChI is InChI=1S/C20H23N5O.2ClH/c1-2-5-17-15(4-1)6-11-26-19(17)14-24-10-8-22-20(24)18-12-16-13-21-7-3-9-25(16)23-18;;/h1-2,4-5,8,10,12,19,21H,3,6-7,9,11,13-14H2;2*1H. The third-order valence-corrected chi connectivity index (χ3v) is 5.29. The Balaban J connectivity index is 0.00000112. The second-order valence-electron chi connectivity index (χ2n) is 6.99. The molecule has 1 N–H and O–H groups in total. The van der Waals surface area contributed by atoms with Gasteiger partial charge in [-0.25, -0.2) is 4.98 Å². The summed E-state index contributed by atoms with van der Waals surface area (Å²) < 4.78 is 10.4. The number of hydrogen-bond donors (Lipinski definition) is 1. The maximum absolute atomic E-state index is 6.08. The zero-order chi connectivity index (χ0) is 17.3. The lowest BCUT2D eigenvalue weighted by Gasteiger charge is -2.26. The summed E-state index contributed by atoms with van der Waals surface area (Å²) in [5.74, 6) is 0.914. The molecule has 28 heavy (non-hydrogen) atoms. The number of fused-ring (bicyclic) bond motifs is 2. The van der Waals surface area contributed by atoms with Gasteiger partial charge in [0.15, 0.2) is 5.82 Å². The van der Waals surface area contributed by atoms with Crippen LogP contribution in [-0.2, 0) is 30.8 Å². The third kappa shape index (κ3) is 3.96. The van der Waals surface area contributed by atoms with E-state index in [1.165, 1.54) is 16.8 Å². The van der Waals surface area contributed by atoms with E-state index in [0.29, 0.717) is 0 Å². The molecular formula is C20H25Cl2N5O. The van der Waals surface area contributed by atoms with Crippen molar-refractivity contribution in [2.75, 3.05) is 13.2 Å². The molecule has 1 unspecified atom stereocenters. The summed E-state index contributed by atoms with van der Waals surface area (Å²) >= 11 is 0. The van der Waals surface area contributed by atoms with Gasteiger partial charge < -0.3 is 14.6 Å². The number of nitrogens with one attached hydrogen (secondary N) is 1. The molecule has 0 saturated heterocycles. The van der Waals surface area contributed by atoms with E-state index in [4.69, 9.17) is 9.84 Å². The van der Waals surface area contributed by atoms with Gasteiger partial charge in [-0.1, -0.05) is 24.3 Å². The summed E-state index contributed by atoms with van der Waals surface area (Å²) in [6.07, 6.45) is 6.04. The molecule has 5 rings (SSSR count). The number of imidazole rings is 1. The Bertz CT molecular complexity index is 899. The Hall–Kier alpha value is -1.86. The van der Waals surface area contributed by atoms with Gasteiger partial charge in [0.05, 0.1) is 18.8 Å². The van der Waals surface area contributed by atoms with E-state index in [1.807, 2.05) is 12.4 Å². The Morgan fingerprint density at radius 2 is 2.11 bits per heavy atom. The molecule has 0 aliphatic carbocycles. The fourth-order valence-corrected chi connectivity index (χ4v) is 3.97. The predicted octanol–water partition coefficient (Wildman–Crippen LogP) is 3.40. The molecule has 0 saturated carbocycles. The van der Waals surface area contributed by atoms with Crippen LogP contribution in [0, 0.1) is 0 Å². The van der Waals surface area contributed by atoms with Crippen LogP contribution in [0.3, 0.4) is 0 Å². The van der Waals surface area contributed by atoms with E-state index in [1.54, 1.807) is 0 Å². The Labute approximate surface area is 177 Å². The lowest BCUT2D eigenvalue weighted by atomic mass is 9.97. The maximum Gasteiger partial charge on any atom is 0.160 e. The van der Waals surface area contributed by atoms with Crippen molar-refractivity contribution in [3.63, 3.8) is 0 Å². The molecule has 3 aromatic rings. The van der Waals surface area contributed by atoms with Crippen LogP contribution >= 0.6 is 24.8 Å². The number of ether oxygens (including phenoxy) is 1. The maximum atomic E-state index is 6.08. The van der Waals surface area contributed by atoms with Crippen molar-refractivity contribution in [2.24, 2.45) is 0 Å². The van der Waals surface area contributed by atoms with Crippen molar-refractivity contribution in [1.29, 1.82) is 0 Å². The van der Waals surface area contributed by atoms with Gasteiger partial charge in [0.25, 0.3) is 0 Å². The van der Waals surface area contributed by atoms with Gasteiger partial charge in [-0.05, 0) is 36.6 Å². The molecule has 150 valence electrons. The fourth-order valence-electron chi connectivity index (χ4n) is 3.97. The molecule has 0 fully saturated rings. The minimum absolute atomic E-state index is 0. The first kappa shape index (κ1) is 20.9. The Morgan fingerprint density at radius 3 is 3.04 bits per heavy atom. The van der Waals surface area contributed by atoms with Crippen molar-refractivity contribution in [3.05, 3.63) is 59.5 Å². The number of hydrogen-bond acceptors (Lipinski definition) is 4. The smallest absolute Gasteiger partial charge is 0.160 e. The number of aromatic nitrogens is 4. The van der Waals surface area contributed by atoms with E-state index in [9.17, 15) is 0 Å². The van der Waals surface area contributed by atoms with Crippen molar-refractivity contribution in [3.8, 4) is 11.5 Å². The van der Waals surface area contributed by atoms with Gasteiger partial charge in [0.2, 0.25) is 0 Å². The van der Waals surface area contributed by atoms with Gasteiger partial charge in [0.1, 0.15) is 11.8 Å². The average molecular weight is 422 g/mol. The molecule has 1 aromatic carbocycles. The Morgan fingerprint density at radius 1 is 1.21 bits per heavy atom. The van der Waals surface area contributed by atoms with Gasteiger partial charge in [-0.3, -0.25) is 4.68 Å². The van der Waals surface area contributed by atoms with Gasteiger partial charge in [-0.2, -0.15) is 5.10 Å². The number of halogens is 2. The van der Waals surface area contributed by atoms with Crippen molar-refractivity contribution < 1.29 is 4.74 Å². The highest BCUT2D eigenvalue weighted by atomic mass is 35.5. The van der Waals surface area contributed by atoms with Crippen molar-refractivity contribution >= 4 is 24.8 Å². The molecule has 6 nitrogen and oxygen atoms in total. The highest BCUT2D eigenvalue weighted by Crippen LogP contribution is 2.30. The van der Waals surface area contributed by atoms with E-state index in [2.05, 4.69) is 49.9 Å². The third-order valence-electron chi connectivity index (χ3n) is 5.29. The second-order valence-corrected chi connectivity index (χ2v) is 6.99. The van der Waals surface area contributed by atoms with Crippen LogP contribution in [0.15, 0.2) is 42.7 Å². The lowest BCUT2D eigenvalue weighted by Crippen LogP contribution is -2.20. The highest BCUT2D eigenvalue weighted by molar-refractivity contribution is 5.85. The quantitative estimate of drug-likeness (QED) is 0.703. The van der Waals surface area contributed by atoms with Crippen LogP contribution < -0.4 is 5.32 Å². The van der Waals surface area contributed by atoms with Gasteiger partial charge in [0, 0.05) is 25.5 Å². The Kier molecular flexibility index (Phi) is 6.78. The average Bonchev–Trinajstić information content (AvgIpc) is 3.23. The van der Waals surface area contributed by atoms with Crippen molar-refractivity contribution in [1.82, 2.24) is 24.6 Å². The summed E-state index contributed by atoms with van der Waals surface area (Å²) in [6.45, 7) is 4.41. The molecule has 0 radical (unpaired) electrons. The van der Waals surface area contributed by atoms with Crippen LogP contribution in [0.25, 0.3) is 11.5 Å². The van der Waals surface area contributed by atoms with Crippen LogP contribution in [-0.4, -0.2) is 32.5 Å². The summed E-state index contributed by atoms with van der Waals surface area (Å²) in [5.41, 5.74) is 4.86. The summed E-state index contributed by atoms with van der Waals surface area (Å²) in [6, 6.07) is 10.7. The summed E-state index contributed by atoms with van der Waals surface area (Å²) in [4.78, 5) is 4.59. The van der Waals surface area contributed by atoms with Crippen LogP contribution in [0.4, 0.5) is 0 Å². The number of benzene rings is 1. The van der Waals surface area contributed by atoms with E-state index >= 15 is 0 Å². The number of aryl methyl sites for hydroxylation is 1. The molecule has 4 heterocycles. The molecule has 2 aliphatic rings. The van der Waals surface area contributed by atoms with E-state index in [0.717, 1.165) is 57.1 Å². The molecule has 8 heteroatoms. The minimum Gasteiger partial charge on any atom is -0.371 e. The molecule has 0 bridgehead atoms. The molecule has 2 aromatic heterocycles. The molecule has 2 aliphatic heterocycles. The van der Waals surface area contributed by atoms with E-state index in [-0.39, 0.29) is 30.9 Å². The zero-order valence-corrected chi connectivity index (χ0v) is 17.2. The van der Waals surface area contributed by atoms with E-state index < -0.39 is 0 Å². The fraction of sp³-hybridized carbons (Fsp3) is 0.400. The minimum atomic E-state index is 0. The number of nitrogens with zero attached hydrogens (tertiary/aromatic N) is 4. The second kappa shape index (κ2) is 9.09. The van der Waals surface area contributed by atoms with Crippen molar-refractivity contribution in [2.45, 2.75) is 38.6 Å². The van der Waals surface area contributed by atoms with Crippen LogP contribution in [0.1, 0.15) is 29.3 Å². The van der Waals surface area contributed by atoms with Gasteiger partial charge in [-0.15, -0.1) is 24.8 Å². The summed E-state index contributed by atoms with van der Waals surface area (Å²) in [5, 5.41) is 8.25. The SMILES string of the molecule is Cl.Cl.c1ccc2c(c1)CCOC2Cn1ccnc1-c1cc2n(n1)CCCNC2. The van der Waals surface area contributed by atoms with Gasteiger partial charge >= 0.3 is 0 Å². The lowest BCUT2D eigenvalue weighted by molar-refractivity contribution is 0.0309. The molecule has 0 amide bonds. The first-order valence-electron chi connectivity index (χ1n) is 9.37. The topological polar surface area (TPSA) is 56.9 Å². The number of rotatable bonds is 3. The molecule has 1 atom stereocenters. The molecular weight excluding hydrogens is 397 g/mol. The first-order valence-corrected chi connectivity index (χ1v) is 9.37. The van der Waals surface area contributed by atoms with Crippen LogP contribution in [0.5, 0.6) is 0 Å². The molecule has 0 spiro atoms. The zero-order valence-electron chi connectivity index (χ0n) is 15.6. The summed E-state index contributed by atoms with van der Waals surface area (Å²) in [7, 11) is 0. The first-order chi connectivity index (χ1) is 12.9. The highest BCUT2D eigenvalue weighted by Gasteiger charge is 2.23. The monoisotopic (exact) mass is 421 g/mol. The largest absolute Gasteiger partial charge is 0.371 e. The predicted molar refractivity (Wildman–Crippen MR) is 113 cm³/mol. The van der Waals surface area contributed by atoms with Crippen LogP contribution in [0.2, 0.25) is 0 Å². The normalized spacial score (nSPS) is 18.2.